The Hall–Kier alpha value is -0.360. The lowest BCUT2D eigenvalue weighted by Crippen LogP contribution is -2.43. The lowest BCUT2D eigenvalue weighted by atomic mass is 9.95. The molecule has 0 bridgehead atoms. The smallest absolute Gasteiger partial charge is 0.319 e. The molecule has 6 heteroatoms. The molecule has 0 aliphatic heterocycles. The van der Waals surface area contributed by atoms with E-state index in [1.54, 1.807) is 0 Å². The quantitative estimate of drug-likeness (QED) is 0.553. The van der Waals surface area contributed by atoms with Crippen molar-refractivity contribution in [1.29, 1.82) is 0 Å². The van der Waals surface area contributed by atoms with Gasteiger partial charge in [0.1, 0.15) is 0 Å². The van der Waals surface area contributed by atoms with E-state index in [-0.39, 0.29) is 12.1 Å². The predicted molar refractivity (Wildman–Crippen MR) is 53.8 cm³/mol. The van der Waals surface area contributed by atoms with Crippen LogP contribution in [0.5, 0.6) is 0 Å². The van der Waals surface area contributed by atoms with Crippen molar-refractivity contribution >= 4 is 0 Å². The fourth-order valence-electron chi connectivity index (χ4n) is 2.00. The molecule has 0 aromatic carbocycles. The van der Waals surface area contributed by atoms with E-state index >= 15 is 0 Å². The molecule has 0 aromatic heterocycles. The van der Waals surface area contributed by atoms with Crippen LogP contribution in [0.2, 0.25) is 0 Å². The lowest BCUT2D eigenvalue weighted by molar-refractivity contribution is -0.125. The third-order valence-corrected chi connectivity index (χ3v) is 3.08. The minimum absolute atomic E-state index is 0.263. The summed E-state index contributed by atoms with van der Waals surface area (Å²) in [5.74, 6) is -3.95. The van der Waals surface area contributed by atoms with Gasteiger partial charge in [-0.05, 0) is 25.8 Å². The second-order valence-corrected chi connectivity index (χ2v) is 4.56. The van der Waals surface area contributed by atoms with Gasteiger partial charge >= 0.3 is 12.3 Å². The molecular formula is C10H18F4N2. The zero-order valence-corrected chi connectivity index (χ0v) is 9.12. The van der Waals surface area contributed by atoms with E-state index in [1.807, 2.05) is 0 Å². The molecule has 1 fully saturated rings. The van der Waals surface area contributed by atoms with Crippen molar-refractivity contribution in [3.63, 3.8) is 0 Å². The molecule has 3 N–H and O–H groups in total. The van der Waals surface area contributed by atoms with Gasteiger partial charge in [0, 0.05) is 5.54 Å². The maximum absolute atomic E-state index is 12.5. The number of halogens is 4. The number of nitrogens with two attached hydrogens (primary N) is 1. The van der Waals surface area contributed by atoms with Crippen molar-refractivity contribution in [2.24, 2.45) is 5.73 Å². The second-order valence-electron chi connectivity index (χ2n) is 4.56. The zero-order chi connectivity index (χ0) is 12.2. The van der Waals surface area contributed by atoms with E-state index in [0.717, 1.165) is 25.7 Å². The molecule has 0 atom stereocenters. The molecule has 0 radical (unpaired) electrons. The van der Waals surface area contributed by atoms with Gasteiger partial charge in [-0.3, -0.25) is 0 Å². The molecule has 0 saturated heterocycles. The molecule has 0 heterocycles. The molecule has 1 aliphatic rings. The average Bonchev–Trinajstić information content (AvgIpc) is 2.60. The van der Waals surface area contributed by atoms with E-state index in [1.165, 1.54) is 0 Å². The van der Waals surface area contributed by atoms with E-state index < -0.39 is 18.9 Å². The van der Waals surface area contributed by atoms with Crippen LogP contribution >= 0.6 is 0 Å². The molecule has 0 spiro atoms. The Morgan fingerprint density at radius 3 is 2.31 bits per heavy atom. The number of alkyl halides is 4. The van der Waals surface area contributed by atoms with Crippen molar-refractivity contribution in [1.82, 2.24) is 5.32 Å². The third-order valence-electron chi connectivity index (χ3n) is 3.08. The summed E-state index contributed by atoms with van der Waals surface area (Å²) < 4.78 is 48.6. The highest BCUT2D eigenvalue weighted by Gasteiger charge is 2.40. The van der Waals surface area contributed by atoms with Crippen LogP contribution in [0.4, 0.5) is 17.6 Å². The summed E-state index contributed by atoms with van der Waals surface area (Å²) in [4.78, 5) is 0. The fourth-order valence-corrected chi connectivity index (χ4v) is 2.00. The summed E-state index contributed by atoms with van der Waals surface area (Å²) in [7, 11) is 0. The largest absolute Gasteiger partial charge is 0.325 e. The average molecular weight is 242 g/mol. The van der Waals surface area contributed by atoms with E-state index in [9.17, 15) is 17.6 Å². The standard InChI is InChI=1S/C10H18F4N2/c11-8(12)10(13,14)7-16-6-5-9(15)3-1-2-4-9/h8,16H,1-7,15H2. The Morgan fingerprint density at radius 1 is 1.25 bits per heavy atom. The third kappa shape index (κ3) is 3.90. The first-order valence-electron chi connectivity index (χ1n) is 5.51. The minimum Gasteiger partial charge on any atom is -0.325 e. The van der Waals surface area contributed by atoms with Gasteiger partial charge in [0.25, 0.3) is 0 Å². The normalized spacial score (nSPS) is 20.6. The van der Waals surface area contributed by atoms with Crippen LogP contribution in [0.15, 0.2) is 0 Å². The van der Waals surface area contributed by atoms with Crippen LogP contribution in [0, 0.1) is 0 Å². The Bertz CT molecular complexity index is 208. The summed E-state index contributed by atoms with van der Waals surface area (Å²) in [6.07, 6.45) is 0.845. The SMILES string of the molecule is NC1(CCNCC(F)(F)C(F)F)CCCC1. The summed E-state index contributed by atoms with van der Waals surface area (Å²) in [6.45, 7) is -0.723. The summed E-state index contributed by atoms with van der Waals surface area (Å²) in [6, 6.07) is 0. The summed E-state index contributed by atoms with van der Waals surface area (Å²) >= 11 is 0. The van der Waals surface area contributed by atoms with Gasteiger partial charge in [0.05, 0.1) is 6.54 Å². The topological polar surface area (TPSA) is 38.0 Å². The van der Waals surface area contributed by atoms with Gasteiger partial charge in [0.15, 0.2) is 0 Å². The van der Waals surface area contributed by atoms with Crippen molar-refractivity contribution in [3.05, 3.63) is 0 Å². The molecule has 1 saturated carbocycles. The van der Waals surface area contributed by atoms with Crippen LogP contribution in [0.25, 0.3) is 0 Å². The first-order valence-corrected chi connectivity index (χ1v) is 5.51. The molecule has 0 unspecified atom stereocenters. The molecule has 16 heavy (non-hydrogen) atoms. The molecule has 1 rings (SSSR count). The van der Waals surface area contributed by atoms with Gasteiger partial charge in [-0.1, -0.05) is 12.8 Å². The Labute approximate surface area is 92.6 Å². The van der Waals surface area contributed by atoms with Gasteiger partial charge in [-0.2, -0.15) is 8.78 Å². The van der Waals surface area contributed by atoms with E-state index in [4.69, 9.17) is 5.73 Å². The maximum atomic E-state index is 12.5. The zero-order valence-electron chi connectivity index (χ0n) is 9.12. The number of hydrogen-bond donors (Lipinski definition) is 2. The highest BCUT2D eigenvalue weighted by atomic mass is 19.3. The highest BCUT2D eigenvalue weighted by Crippen LogP contribution is 2.29. The fraction of sp³-hybridized carbons (Fsp3) is 1.00. The van der Waals surface area contributed by atoms with E-state index in [0.29, 0.717) is 6.42 Å². The van der Waals surface area contributed by atoms with E-state index in [2.05, 4.69) is 5.32 Å². The van der Waals surface area contributed by atoms with Crippen LogP contribution in [-0.4, -0.2) is 31.0 Å². The number of rotatable bonds is 6. The van der Waals surface area contributed by atoms with Crippen LogP contribution in [-0.2, 0) is 0 Å². The Kier molecular flexibility index (Phi) is 4.55. The van der Waals surface area contributed by atoms with Crippen LogP contribution in [0.1, 0.15) is 32.1 Å². The highest BCUT2D eigenvalue weighted by molar-refractivity contribution is 4.89. The lowest BCUT2D eigenvalue weighted by Gasteiger charge is -2.24. The van der Waals surface area contributed by atoms with Crippen molar-refractivity contribution in [3.8, 4) is 0 Å². The molecule has 2 nitrogen and oxygen atoms in total. The van der Waals surface area contributed by atoms with Gasteiger partial charge in [0.2, 0.25) is 0 Å². The molecular weight excluding hydrogens is 224 g/mol. The molecule has 96 valence electrons. The summed E-state index contributed by atoms with van der Waals surface area (Å²) in [5.41, 5.74) is 5.71. The van der Waals surface area contributed by atoms with Gasteiger partial charge in [-0.25, -0.2) is 8.78 Å². The van der Waals surface area contributed by atoms with Crippen LogP contribution in [0.3, 0.4) is 0 Å². The van der Waals surface area contributed by atoms with Crippen molar-refractivity contribution in [2.75, 3.05) is 13.1 Å². The first kappa shape index (κ1) is 13.7. The Morgan fingerprint density at radius 2 is 1.81 bits per heavy atom. The summed E-state index contributed by atoms with van der Waals surface area (Å²) in [5, 5.41) is 2.35. The Balaban J connectivity index is 2.16. The molecule has 0 amide bonds. The van der Waals surface area contributed by atoms with Gasteiger partial charge < -0.3 is 11.1 Å². The molecule has 1 aliphatic carbocycles. The van der Waals surface area contributed by atoms with Crippen molar-refractivity contribution < 1.29 is 17.6 Å². The number of hydrogen-bond acceptors (Lipinski definition) is 2. The van der Waals surface area contributed by atoms with Gasteiger partial charge in [-0.15, -0.1) is 0 Å². The molecule has 0 aromatic rings. The van der Waals surface area contributed by atoms with Crippen molar-refractivity contribution in [2.45, 2.75) is 50.0 Å². The monoisotopic (exact) mass is 242 g/mol. The van der Waals surface area contributed by atoms with Crippen LogP contribution < -0.4 is 11.1 Å². The maximum Gasteiger partial charge on any atom is 0.319 e. The minimum atomic E-state index is -3.95. The second kappa shape index (κ2) is 5.31. The first-order chi connectivity index (χ1) is 7.36. The predicted octanol–water partition coefficient (Wildman–Crippen LogP) is 2.14. The number of nitrogens with one attached hydrogen (secondary N) is 1.